The second-order valence-corrected chi connectivity index (χ2v) is 6.92. The van der Waals surface area contributed by atoms with Crippen LogP contribution in [-0.4, -0.2) is 31.5 Å². The van der Waals surface area contributed by atoms with Crippen molar-refractivity contribution in [3.63, 3.8) is 0 Å². The van der Waals surface area contributed by atoms with Crippen molar-refractivity contribution in [2.24, 2.45) is 0 Å². The molecule has 7 heteroatoms. The van der Waals surface area contributed by atoms with Gasteiger partial charge in [-0.1, -0.05) is 30.9 Å². The van der Waals surface area contributed by atoms with Gasteiger partial charge >= 0.3 is 0 Å². The third-order valence-corrected chi connectivity index (χ3v) is 5.17. The van der Waals surface area contributed by atoms with E-state index in [-0.39, 0.29) is 11.9 Å². The van der Waals surface area contributed by atoms with Crippen LogP contribution < -0.4 is 11.1 Å². The molecule has 1 amide bonds. The molecule has 1 atom stereocenters. The zero-order chi connectivity index (χ0) is 20.0. The zero-order valence-corrected chi connectivity index (χ0v) is 15.5. The van der Waals surface area contributed by atoms with Crippen molar-refractivity contribution >= 4 is 39.7 Å². The summed E-state index contributed by atoms with van der Waals surface area (Å²) in [6.45, 7) is 4.05. The van der Waals surface area contributed by atoms with E-state index >= 15 is 0 Å². The molecule has 0 radical (unpaired) electrons. The summed E-state index contributed by atoms with van der Waals surface area (Å²) in [5.74, 6) is 0.202. The highest BCUT2D eigenvalue weighted by atomic mass is 16.1. The Morgan fingerprint density at radius 3 is 3.00 bits per heavy atom. The number of hydrogen-bond acceptors (Lipinski definition) is 5. The van der Waals surface area contributed by atoms with Crippen molar-refractivity contribution in [3.8, 4) is 11.1 Å². The maximum absolute atomic E-state index is 11.7. The number of hydrogen-bond donors (Lipinski definition) is 2. The van der Waals surface area contributed by atoms with Crippen molar-refractivity contribution in [2.45, 2.75) is 12.6 Å². The topological polar surface area (TPSA) is 98.7 Å². The highest BCUT2D eigenvalue weighted by Gasteiger charge is 2.25. The van der Waals surface area contributed by atoms with Gasteiger partial charge in [-0.3, -0.25) is 9.78 Å². The maximum atomic E-state index is 11.7. The molecule has 7 nitrogen and oxygen atoms in total. The van der Waals surface area contributed by atoms with Gasteiger partial charge < -0.3 is 15.6 Å². The lowest BCUT2D eigenvalue weighted by Crippen LogP contribution is -2.37. The molecule has 29 heavy (non-hydrogen) atoms. The van der Waals surface area contributed by atoms with E-state index in [0.29, 0.717) is 12.4 Å². The summed E-state index contributed by atoms with van der Waals surface area (Å²) >= 11 is 0. The summed E-state index contributed by atoms with van der Waals surface area (Å²) in [6.07, 6.45) is 8.54. The van der Waals surface area contributed by atoms with Gasteiger partial charge in [0.1, 0.15) is 17.8 Å². The minimum Gasteiger partial charge on any atom is -0.383 e. The fraction of sp³-hybridized carbons (Fsp3) is 0.0909. The SMILES string of the molecule is C=CC(=O)NC1C=Cc2c(-c3cnc4ccccc4c3)c3c(N)ncnc3n2C1. The molecule has 1 aromatic carbocycles. The van der Waals surface area contributed by atoms with Gasteiger partial charge in [0.2, 0.25) is 5.91 Å². The lowest BCUT2D eigenvalue weighted by atomic mass is 10.0. The van der Waals surface area contributed by atoms with E-state index in [2.05, 4.69) is 37.5 Å². The number of carbonyl (C=O) groups is 1. The number of fused-ring (bicyclic) bond motifs is 4. The van der Waals surface area contributed by atoms with Crippen LogP contribution in [0.2, 0.25) is 0 Å². The van der Waals surface area contributed by atoms with E-state index in [4.69, 9.17) is 5.73 Å². The van der Waals surface area contributed by atoms with Crippen LogP contribution in [0, 0.1) is 0 Å². The molecule has 4 aromatic rings. The highest BCUT2D eigenvalue weighted by Crippen LogP contribution is 2.39. The molecule has 0 saturated carbocycles. The van der Waals surface area contributed by atoms with Crippen molar-refractivity contribution in [3.05, 3.63) is 67.3 Å². The molecule has 3 N–H and O–H groups in total. The van der Waals surface area contributed by atoms with Crippen molar-refractivity contribution in [1.29, 1.82) is 0 Å². The number of carbonyl (C=O) groups excluding carboxylic acids is 1. The predicted octanol–water partition coefficient (Wildman–Crippen LogP) is 2.93. The van der Waals surface area contributed by atoms with Crippen LogP contribution in [0.5, 0.6) is 0 Å². The summed E-state index contributed by atoms with van der Waals surface area (Å²) in [6, 6.07) is 9.91. The molecular weight excluding hydrogens is 364 g/mol. The number of nitrogens with zero attached hydrogens (tertiary/aromatic N) is 4. The molecule has 0 bridgehead atoms. The molecule has 142 valence electrons. The Morgan fingerprint density at radius 2 is 2.14 bits per heavy atom. The summed E-state index contributed by atoms with van der Waals surface area (Å²) in [7, 11) is 0. The normalized spacial score (nSPS) is 15.4. The van der Waals surface area contributed by atoms with Gasteiger partial charge in [0.25, 0.3) is 0 Å². The van der Waals surface area contributed by atoms with Crippen LogP contribution >= 0.6 is 0 Å². The Hall–Kier alpha value is -4.00. The summed E-state index contributed by atoms with van der Waals surface area (Å²) in [4.78, 5) is 25.0. The highest BCUT2D eigenvalue weighted by molar-refractivity contribution is 6.05. The summed E-state index contributed by atoms with van der Waals surface area (Å²) in [5, 5.41) is 4.75. The first-order valence-electron chi connectivity index (χ1n) is 9.24. The van der Waals surface area contributed by atoms with Crippen LogP contribution in [0.1, 0.15) is 5.69 Å². The maximum Gasteiger partial charge on any atom is 0.243 e. The molecule has 0 saturated heterocycles. The van der Waals surface area contributed by atoms with Gasteiger partial charge in [-0.15, -0.1) is 0 Å². The summed E-state index contributed by atoms with van der Waals surface area (Å²) < 4.78 is 2.06. The molecule has 1 aliphatic heterocycles. The van der Waals surface area contributed by atoms with Crippen LogP contribution in [0.15, 0.2) is 61.6 Å². The number of pyridine rings is 1. The van der Waals surface area contributed by atoms with E-state index in [1.54, 1.807) is 0 Å². The number of amides is 1. The Morgan fingerprint density at radius 1 is 1.28 bits per heavy atom. The Balaban J connectivity index is 1.73. The quantitative estimate of drug-likeness (QED) is 0.531. The Kier molecular flexibility index (Phi) is 3.87. The van der Waals surface area contributed by atoms with Crippen molar-refractivity contribution < 1.29 is 4.79 Å². The smallest absolute Gasteiger partial charge is 0.243 e. The average Bonchev–Trinajstić information content (AvgIpc) is 3.08. The van der Waals surface area contributed by atoms with Crippen LogP contribution in [0.25, 0.3) is 39.1 Å². The standard InChI is InChI=1S/C22H18N6O/c1-2-18(29)27-15-7-8-17-19(14-9-13-5-3-4-6-16(13)24-10-14)20-21(23)25-12-26-22(20)28(17)11-15/h2-10,12,15H,1,11H2,(H,27,29)(H2,23,25,26). The summed E-state index contributed by atoms with van der Waals surface area (Å²) in [5.41, 5.74) is 10.8. The fourth-order valence-corrected chi connectivity index (χ4v) is 3.87. The van der Waals surface area contributed by atoms with Crippen LogP contribution in [-0.2, 0) is 11.3 Å². The molecule has 1 unspecified atom stereocenters. The molecule has 0 fully saturated rings. The van der Waals surface area contributed by atoms with Crippen LogP contribution in [0.3, 0.4) is 0 Å². The lowest BCUT2D eigenvalue weighted by molar-refractivity contribution is -0.116. The number of nitrogens with one attached hydrogen (secondary N) is 1. The molecule has 4 heterocycles. The Bertz CT molecular complexity index is 1320. The Labute approximate surface area is 166 Å². The number of para-hydroxylation sites is 1. The molecule has 1 aliphatic rings. The first kappa shape index (κ1) is 17.1. The first-order chi connectivity index (χ1) is 14.2. The van der Waals surface area contributed by atoms with E-state index in [1.165, 1.54) is 12.4 Å². The van der Waals surface area contributed by atoms with E-state index in [9.17, 15) is 4.79 Å². The van der Waals surface area contributed by atoms with Gasteiger partial charge in [0, 0.05) is 29.3 Å². The van der Waals surface area contributed by atoms with E-state index in [0.717, 1.165) is 38.8 Å². The number of rotatable bonds is 3. The fourth-order valence-electron chi connectivity index (χ4n) is 3.87. The van der Waals surface area contributed by atoms with Crippen molar-refractivity contribution in [1.82, 2.24) is 24.8 Å². The van der Waals surface area contributed by atoms with Gasteiger partial charge in [-0.05, 0) is 24.3 Å². The third kappa shape index (κ3) is 2.75. The minimum atomic E-state index is -0.215. The number of nitrogen functional groups attached to an aromatic ring is 1. The molecule has 5 rings (SSSR count). The molecule has 3 aromatic heterocycles. The molecular formula is C22H18N6O. The zero-order valence-electron chi connectivity index (χ0n) is 15.5. The number of benzene rings is 1. The predicted molar refractivity (Wildman–Crippen MR) is 114 cm³/mol. The van der Waals surface area contributed by atoms with E-state index in [1.807, 2.05) is 42.6 Å². The number of nitrogens with two attached hydrogens (primary N) is 1. The van der Waals surface area contributed by atoms with Gasteiger partial charge in [-0.2, -0.15) is 0 Å². The minimum absolute atomic E-state index is 0.164. The second-order valence-electron chi connectivity index (χ2n) is 6.92. The molecule has 0 aliphatic carbocycles. The van der Waals surface area contributed by atoms with Crippen LogP contribution in [0.4, 0.5) is 5.82 Å². The van der Waals surface area contributed by atoms with Crippen molar-refractivity contribution in [2.75, 3.05) is 5.73 Å². The van der Waals surface area contributed by atoms with Gasteiger partial charge in [0.15, 0.2) is 0 Å². The lowest BCUT2D eigenvalue weighted by Gasteiger charge is -2.21. The second kappa shape index (κ2) is 6.56. The number of anilines is 1. The largest absolute Gasteiger partial charge is 0.383 e. The van der Waals surface area contributed by atoms with Gasteiger partial charge in [0.05, 0.1) is 22.6 Å². The number of aromatic nitrogens is 4. The average molecular weight is 382 g/mol. The van der Waals surface area contributed by atoms with E-state index < -0.39 is 0 Å². The molecule has 0 spiro atoms. The van der Waals surface area contributed by atoms with Gasteiger partial charge in [-0.25, -0.2) is 9.97 Å². The first-order valence-corrected chi connectivity index (χ1v) is 9.24. The third-order valence-electron chi connectivity index (χ3n) is 5.17. The monoisotopic (exact) mass is 382 g/mol.